The molecule has 95 valence electrons. The van der Waals surface area contributed by atoms with Crippen LogP contribution in [0.4, 0.5) is 0 Å². The Hall–Kier alpha value is -2.02. The van der Waals surface area contributed by atoms with Gasteiger partial charge in [0.2, 0.25) is 0 Å². The van der Waals surface area contributed by atoms with Gasteiger partial charge >= 0.3 is 0 Å². The summed E-state index contributed by atoms with van der Waals surface area (Å²) >= 11 is 0. The normalized spacial score (nSPS) is 11.4. The van der Waals surface area contributed by atoms with Gasteiger partial charge in [0.1, 0.15) is 0 Å². The van der Waals surface area contributed by atoms with Crippen LogP contribution in [0.3, 0.4) is 0 Å². The summed E-state index contributed by atoms with van der Waals surface area (Å²) in [6.07, 6.45) is 2.12. The molecule has 1 aromatic heterocycles. The molecule has 1 nitrogen and oxygen atoms in total. The standard InChI is InChI=1S/C18H18N/c1-12(2)17-11-19-18-8-7-15(10-16(17)18)14-6-4-5-13(3)9-14/h4-12,19H,3H2,1-2H3. The molecule has 1 radical (unpaired) electrons. The second-order valence-electron chi connectivity index (χ2n) is 5.36. The molecular weight excluding hydrogens is 230 g/mol. The average Bonchev–Trinajstić information content (AvgIpc) is 2.81. The molecule has 0 saturated heterocycles. The highest BCUT2D eigenvalue weighted by molar-refractivity contribution is 5.88. The summed E-state index contributed by atoms with van der Waals surface area (Å²) in [6.45, 7) is 8.45. The van der Waals surface area contributed by atoms with Gasteiger partial charge in [-0.25, -0.2) is 0 Å². The van der Waals surface area contributed by atoms with Gasteiger partial charge in [0.05, 0.1) is 0 Å². The molecule has 3 rings (SSSR count). The van der Waals surface area contributed by atoms with E-state index < -0.39 is 0 Å². The number of aromatic nitrogens is 1. The topological polar surface area (TPSA) is 15.8 Å². The monoisotopic (exact) mass is 248 g/mol. The van der Waals surface area contributed by atoms with Crippen molar-refractivity contribution in [1.82, 2.24) is 4.98 Å². The predicted molar refractivity (Wildman–Crippen MR) is 82.3 cm³/mol. The molecule has 1 N–H and O–H groups in total. The maximum atomic E-state index is 4.00. The highest BCUT2D eigenvalue weighted by Gasteiger charge is 2.08. The first-order valence-electron chi connectivity index (χ1n) is 6.68. The van der Waals surface area contributed by atoms with Gasteiger partial charge < -0.3 is 4.98 Å². The van der Waals surface area contributed by atoms with Crippen molar-refractivity contribution in [3.8, 4) is 11.1 Å². The highest BCUT2D eigenvalue weighted by Crippen LogP contribution is 2.30. The van der Waals surface area contributed by atoms with E-state index in [0.717, 1.165) is 5.56 Å². The number of hydrogen-bond acceptors (Lipinski definition) is 0. The van der Waals surface area contributed by atoms with Gasteiger partial charge in [0.15, 0.2) is 0 Å². The summed E-state index contributed by atoms with van der Waals surface area (Å²) < 4.78 is 0. The van der Waals surface area contributed by atoms with Crippen LogP contribution in [0.5, 0.6) is 0 Å². The van der Waals surface area contributed by atoms with E-state index in [1.165, 1.54) is 27.6 Å². The second kappa shape index (κ2) is 4.58. The Morgan fingerprint density at radius 2 is 1.79 bits per heavy atom. The lowest BCUT2D eigenvalue weighted by atomic mass is 9.98. The van der Waals surface area contributed by atoms with Crippen LogP contribution in [0.2, 0.25) is 0 Å². The summed E-state index contributed by atoms with van der Waals surface area (Å²) in [4.78, 5) is 3.35. The fourth-order valence-electron chi connectivity index (χ4n) is 2.55. The number of H-pyrrole nitrogens is 1. The fraction of sp³-hybridized carbons (Fsp3) is 0.167. The van der Waals surface area contributed by atoms with Crippen LogP contribution in [0.25, 0.3) is 22.0 Å². The Balaban J connectivity index is 2.18. The highest BCUT2D eigenvalue weighted by atomic mass is 14.7. The van der Waals surface area contributed by atoms with Gasteiger partial charge in [-0.2, -0.15) is 0 Å². The first-order chi connectivity index (χ1) is 9.15. The third-order valence-corrected chi connectivity index (χ3v) is 3.60. The third-order valence-electron chi connectivity index (χ3n) is 3.60. The zero-order chi connectivity index (χ0) is 13.4. The molecule has 0 amide bonds. The molecule has 0 unspecified atom stereocenters. The molecule has 0 atom stereocenters. The second-order valence-corrected chi connectivity index (χ2v) is 5.36. The summed E-state index contributed by atoms with van der Waals surface area (Å²) in [6, 6.07) is 14.9. The van der Waals surface area contributed by atoms with Crippen molar-refractivity contribution < 1.29 is 0 Å². The number of hydrogen-bond donors (Lipinski definition) is 1. The first-order valence-corrected chi connectivity index (χ1v) is 6.68. The summed E-state index contributed by atoms with van der Waals surface area (Å²) in [5.41, 5.74) is 6.11. The smallest absolute Gasteiger partial charge is 0.0457 e. The maximum absolute atomic E-state index is 4.00. The molecule has 0 aliphatic heterocycles. The molecule has 3 aromatic rings. The van der Waals surface area contributed by atoms with Crippen molar-refractivity contribution in [2.45, 2.75) is 19.8 Å². The Kier molecular flexibility index (Phi) is 2.90. The Morgan fingerprint density at radius 3 is 2.53 bits per heavy atom. The van der Waals surface area contributed by atoms with Crippen molar-refractivity contribution in [2.75, 3.05) is 0 Å². The van der Waals surface area contributed by atoms with Gasteiger partial charge in [-0.1, -0.05) is 44.2 Å². The lowest BCUT2D eigenvalue weighted by Crippen LogP contribution is -1.85. The van der Waals surface area contributed by atoms with E-state index >= 15 is 0 Å². The van der Waals surface area contributed by atoms with Crippen molar-refractivity contribution in [3.63, 3.8) is 0 Å². The van der Waals surface area contributed by atoms with E-state index in [9.17, 15) is 0 Å². The van der Waals surface area contributed by atoms with E-state index in [0.29, 0.717) is 5.92 Å². The molecule has 0 saturated carbocycles. The molecule has 1 heteroatoms. The van der Waals surface area contributed by atoms with Gasteiger partial charge in [0.25, 0.3) is 0 Å². The Morgan fingerprint density at radius 1 is 1.00 bits per heavy atom. The summed E-state index contributed by atoms with van der Waals surface area (Å²) in [5, 5.41) is 1.32. The van der Waals surface area contributed by atoms with E-state index in [-0.39, 0.29) is 0 Å². The van der Waals surface area contributed by atoms with Crippen LogP contribution in [0.1, 0.15) is 30.9 Å². The minimum Gasteiger partial charge on any atom is -0.361 e. The maximum Gasteiger partial charge on any atom is 0.0457 e. The fourth-order valence-corrected chi connectivity index (χ4v) is 2.55. The van der Waals surface area contributed by atoms with Crippen molar-refractivity contribution in [3.05, 3.63) is 66.7 Å². The Bertz CT molecular complexity index is 719. The van der Waals surface area contributed by atoms with Crippen LogP contribution in [0, 0.1) is 6.92 Å². The molecule has 0 fully saturated rings. The summed E-state index contributed by atoms with van der Waals surface area (Å²) in [7, 11) is 0. The minimum absolute atomic E-state index is 0.531. The van der Waals surface area contributed by atoms with Crippen molar-refractivity contribution in [2.24, 2.45) is 0 Å². The number of benzene rings is 2. The number of aromatic amines is 1. The quantitative estimate of drug-likeness (QED) is 0.646. The molecule has 0 spiro atoms. The summed E-state index contributed by atoms with van der Waals surface area (Å²) in [5.74, 6) is 0.531. The van der Waals surface area contributed by atoms with E-state index in [1.807, 2.05) is 6.07 Å². The minimum atomic E-state index is 0.531. The molecule has 0 aliphatic rings. The SMILES string of the molecule is [CH2]c1cccc(-c2ccc3[nH]cc(C(C)C)c3c2)c1. The van der Waals surface area contributed by atoms with Gasteiger partial charge in [-0.15, -0.1) is 0 Å². The zero-order valence-corrected chi connectivity index (χ0v) is 11.4. The molecule has 2 aromatic carbocycles. The Labute approximate surface area is 114 Å². The molecule has 0 aliphatic carbocycles. The lowest BCUT2D eigenvalue weighted by Gasteiger charge is -2.06. The van der Waals surface area contributed by atoms with Crippen LogP contribution in [-0.2, 0) is 0 Å². The van der Waals surface area contributed by atoms with E-state index in [1.54, 1.807) is 0 Å². The van der Waals surface area contributed by atoms with Crippen molar-refractivity contribution >= 4 is 10.9 Å². The number of rotatable bonds is 2. The number of fused-ring (bicyclic) bond motifs is 1. The zero-order valence-electron chi connectivity index (χ0n) is 11.4. The molecule has 1 heterocycles. The van der Waals surface area contributed by atoms with Gasteiger partial charge in [-0.05, 0) is 47.2 Å². The van der Waals surface area contributed by atoms with Crippen LogP contribution in [-0.4, -0.2) is 4.98 Å². The molecular formula is C18H18N. The lowest BCUT2D eigenvalue weighted by molar-refractivity contribution is 0.875. The first kappa shape index (κ1) is 12.0. The third kappa shape index (κ3) is 2.17. The van der Waals surface area contributed by atoms with Crippen molar-refractivity contribution in [1.29, 1.82) is 0 Å². The largest absolute Gasteiger partial charge is 0.361 e. The average molecular weight is 248 g/mol. The van der Waals surface area contributed by atoms with Gasteiger partial charge in [0, 0.05) is 17.1 Å². The predicted octanol–water partition coefficient (Wildman–Crippen LogP) is 5.14. The van der Waals surface area contributed by atoms with Gasteiger partial charge in [-0.3, -0.25) is 0 Å². The van der Waals surface area contributed by atoms with E-state index in [2.05, 4.69) is 68.4 Å². The van der Waals surface area contributed by atoms with Crippen LogP contribution >= 0.6 is 0 Å². The van der Waals surface area contributed by atoms with E-state index in [4.69, 9.17) is 0 Å². The van der Waals surface area contributed by atoms with Crippen LogP contribution < -0.4 is 0 Å². The van der Waals surface area contributed by atoms with Crippen LogP contribution in [0.15, 0.2) is 48.7 Å². The molecule has 0 bridgehead atoms. The molecule has 19 heavy (non-hydrogen) atoms. The number of nitrogens with one attached hydrogen (secondary N) is 1.